The molecule has 1 heterocycles. The quantitative estimate of drug-likeness (QED) is 0.734. The van der Waals surface area contributed by atoms with Crippen molar-refractivity contribution >= 4 is 5.97 Å². The highest BCUT2D eigenvalue weighted by Gasteiger charge is 2.42. The molecule has 0 radical (unpaired) electrons. The molecule has 0 amide bonds. The number of carboxylic acids is 1. The average molecular weight is 202 g/mol. The van der Waals surface area contributed by atoms with Gasteiger partial charge in [0.2, 0.25) is 0 Å². The summed E-state index contributed by atoms with van der Waals surface area (Å²) >= 11 is 0. The Kier molecular flexibility index (Phi) is 3.50. The highest BCUT2D eigenvalue weighted by molar-refractivity contribution is 5.72. The summed E-state index contributed by atoms with van der Waals surface area (Å²) in [6.07, 6.45) is -1.14. The van der Waals surface area contributed by atoms with Crippen molar-refractivity contribution < 1.29 is 19.4 Å². The number of hydrogen-bond acceptors (Lipinski definition) is 3. The normalized spacial score (nSPS) is 43.6. The van der Waals surface area contributed by atoms with Gasteiger partial charge in [-0.05, 0) is 11.8 Å². The predicted octanol–water partition coefficient (Wildman–Crippen LogP) is 1.35. The summed E-state index contributed by atoms with van der Waals surface area (Å²) in [6, 6.07) is 0. The van der Waals surface area contributed by atoms with E-state index in [9.17, 15) is 4.79 Å². The molecule has 1 aliphatic heterocycles. The monoisotopic (exact) mass is 202 g/mol. The van der Waals surface area contributed by atoms with E-state index in [0.29, 0.717) is 0 Å². The van der Waals surface area contributed by atoms with Gasteiger partial charge in [-0.25, -0.2) is 4.79 Å². The minimum Gasteiger partial charge on any atom is -0.479 e. The fourth-order valence-corrected chi connectivity index (χ4v) is 1.95. The van der Waals surface area contributed by atoms with Gasteiger partial charge in [0.1, 0.15) is 0 Å². The minimum atomic E-state index is -0.904. The Balaban J connectivity index is 2.78. The highest BCUT2D eigenvalue weighted by atomic mass is 16.7. The lowest BCUT2D eigenvalue weighted by Crippen LogP contribution is -2.48. The first-order valence-corrected chi connectivity index (χ1v) is 4.90. The first kappa shape index (κ1) is 11.5. The topological polar surface area (TPSA) is 55.8 Å². The summed E-state index contributed by atoms with van der Waals surface area (Å²) in [4.78, 5) is 10.9. The average Bonchev–Trinajstić information content (AvgIpc) is 2.14. The van der Waals surface area contributed by atoms with Gasteiger partial charge in [-0.15, -0.1) is 0 Å². The van der Waals surface area contributed by atoms with Gasteiger partial charge < -0.3 is 14.6 Å². The molecule has 0 aromatic heterocycles. The number of methoxy groups -OCH3 is 1. The molecule has 1 aliphatic rings. The molecule has 0 bridgehead atoms. The molecule has 14 heavy (non-hydrogen) atoms. The van der Waals surface area contributed by atoms with Gasteiger partial charge in [0, 0.05) is 13.0 Å². The molecule has 0 spiro atoms. The molecule has 4 nitrogen and oxygen atoms in total. The van der Waals surface area contributed by atoms with Crippen molar-refractivity contribution in [2.75, 3.05) is 7.11 Å². The number of carboxylic acid groups (broad SMARTS) is 1. The summed E-state index contributed by atoms with van der Waals surface area (Å²) in [5.41, 5.74) is 0. The fourth-order valence-electron chi connectivity index (χ4n) is 1.95. The largest absolute Gasteiger partial charge is 0.479 e. The van der Waals surface area contributed by atoms with Gasteiger partial charge in [0.25, 0.3) is 0 Å². The van der Waals surface area contributed by atoms with Crippen LogP contribution in [0.25, 0.3) is 0 Å². The van der Waals surface area contributed by atoms with Crippen molar-refractivity contribution in [3.63, 3.8) is 0 Å². The van der Waals surface area contributed by atoms with E-state index in [1.807, 2.05) is 20.8 Å². The van der Waals surface area contributed by atoms with Gasteiger partial charge in [-0.3, -0.25) is 0 Å². The third kappa shape index (κ3) is 1.91. The summed E-state index contributed by atoms with van der Waals surface area (Å²) in [7, 11) is 1.54. The molecule has 0 aromatic rings. The van der Waals surface area contributed by atoms with E-state index in [1.165, 1.54) is 0 Å². The summed E-state index contributed by atoms with van der Waals surface area (Å²) in [6.45, 7) is 5.97. The number of carbonyl (C=O) groups is 1. The van der Waals surface area contributed by atoms with Crippen LogP contribution in [0.2, 0.25) is 0 Å². The lowest BCUT2D eigenvalue weighted by molar-refractivity contribution is -0.240. The number of aliphatic carboxylic acids is 1. The molecule has 0 aromatic carbocycles. The number of hydrogen-bond donors (Lipinski definition) is 1. The Labute approximate surface area is 84.2 Å². The Morgan fingerprint density at radius 3 is 2.21 bits per heavy atom. The number of rotatable bonds is 2. The van der Waals surface area contributed by atoms with Crippen LogP contribution in [0.5, 0.6) is 0 Å². The van der Waals surface area contributed by atoms with E-state index in [2.05, 4.69) is 0 Å². The first-order chi connectivity index (χ1) is 6.49. The molecule has 4 heteroatoms. The Morgan fingerprint density at radius 2 is 1.79 bits per heavy atom. The molecule has 0 saturated carbocycles. The SMILES string of the molecule is COC1OC(C(=O)O)C(C)C(C)C1C. The van der Waals surface area contributed by atoms with E-state index in [4.69, 9.17) is 14.6 Å². The first-order valence-electron chi connectivity index (χ1n) is 4.90. The van der Waals surface area contributed by atoms with Gasteiger partial charge in [-0.2, -0.15) is 0 Å². The zero-order valence-electron chi connectivity index (χ0n) is 9.06. The summed E-state index contributed by atoms with van der Waals surface area (Å²) in [5.74, 6) is -0.368. The van der Waals surface area contributed by atoms with Crippen LogP contribution in [0, 0.1) is 17.8 Å². The van der Waals surface area contributed by atoms with Crippen molar-refractivity contribution in [1.82, 2.24) is 0 Å². The van der Waals surface area contributed by atoms with E-state index < -0.39 is 18.4 Å². The maximum absolute atomic E-state index is 10.9. The summed E-state index contributed by atoms with van der Waals surface area (Å²) in [5, 5.41) is 8.95. The standard InChI is InChI=1S/C10H18O4/c1-5-6(2)8(9(11)12)14-10(13-4)7(5)3/h5-8,10H,1-4H3,(H,11,12). The second-order valence-electron chi connectivity index (χ2n) is 4.08. The van der Waals surface area contributed by atoms with Crippen LogP contribution < -0.4 is 0 Å². The van der Waals surface area contributed by atoms with Crippen LogP contribution in [-0.2, 0) is 14.3 Å². The van der Waals surface area contributed by atoms with Crippen LogP contribution in [0.1, 0.15) is 20.8 Å². The second-order valence-corrected chi connectivity index (χ2v) is 4.08. The zero-order chi connectivity index (χ0) is 10.9. The smallest absolute Gasteiger partial charge is 0.333 e. The molecule has 1 saturated heterocycles. The maximum Gasteiger partial charge on any atom is 0.333 e. The Hall–Kier alpha value is -0.610. The third-order valence-electron chi connectivity index (χ3n) is 3.32. The lowest BCUT2D eigenvalue weighted by Gasteiger charge is -2.41. The van der Waals surface area contributed by atoms with Gasteiger partial charge in [0.15, 0.2) is 12.4 Å². The molecule has 5 atom stereocenters. The minimum absolute atomic E-state index is 0.0221. The number of ether oxygens (including phenoxy) is 2. The molecule has 1 rings (SSSR count). The molecule has 1 N–H and O–H groups in total. The van der Waals surface area contributed by atoms with Crippen LogP contribution in [0.15, 0.2) is 0 Å². The van der Waals surface area contributed by atoms with Gasteiger partial charge in [-0.1, -0.05) is 20.8 Å². The van der Waals surface area contributed by atoms with Crippen molar-refractivity contribution in [3.05, 3.63) is 0 Å². The lowest BCUT2D eigenvalue weighted by atomic mass is 9.79. The van der Waals surface area contributed by atoms with E-state index >= 15 is 0 Å². The molecule has 1 fully saturated rings. The zero-order valence-corrected chi connectivity index (χ0v) is 9.06. The van der Waals surface area contributed by atoms with Crippen LogP contribution >= 0.6 is 0 Å². The van der Waals surface area contributed by atoms with Gasteiger partial charge in [0.05, 0.1) is 0 Å². The maximum atomic E-state index is 10.9. The van der Waals surface area contributed by atoms with Crippen LogP contribution in [0.3, 0.4) is 0 Å². The molecule has 5 unspecified atom stereocenters. The van der Waals surface area contributed by atoms with E-state index in [-0.39, 0.29) is 17.8 Å². The summed E-state index contributed by atoms with van der Waals surface area (Å²) < 4.78 is 10.5. The van der Waals surface area contributed by atoms with Crippen molar-refractivity contribution in [1.29, 1.82) is 0 Å². The van der Waals surface area contributed by atoms with Crippen LogP contribution in [0.4, 0.5) is 0 Å². The Morgan fingerprint density at radius 1 is 1.21 bits per heavy atom. The van der Waals surface area contributed by atoms with E-state index in [1.54, 1.807) is 7.11 Å². The molecular formula is C10H18O4. The highest BCUT2D eigenvalue weighted by Crippen LogP contribution is 2.35. The molecular weight excluding hydrogens is 184 g/mol. The van der Waals surface area contributed by atoms with Crippen molar-refractivity contribution in [2.45, 2.75) is 33.2 Å². The van der Waals surface area contributed by atoms with Crippen molar-refractivity contribution in [3.8, 4) is 0 Å². The molecule has 82 valence electrons. The third-order valence-corrected chi connectivity index (χ3v) is 3.32. The van der Waals surface area contributed by atoms with E-state index in [0.717, 1.165) is 0 Å². The fraction of sp³-hybridized carbons (Fsp3) is 0.900. The van der Waals surface area contributed by atoms with Crippen LogP contribution in [-0.4, -0.2) is 30.6 Å². The predicted molar refractivity (Wildman–Crippen MR) is 50.8 cm³/mol. The van der Waals surface area contributed by atoms with Gasteiger partial charge >= 0.3 is 5.97 Å². The second kappa shape index (κ2) is 4.28. The van der Waals surface area contributed by atoms with Crippen molar-refractivity contribution in [2.24, 2.45) is 17.8 Å². The molecule has 0 aliphatic carbocycles. The Bertz CT molecular complexity index is 214.